The third-order valence-electron chi connectivity index (χ3n) is 3.77. The maximum absolute atomic E-state index is 12.1. The molecular formula is C16H22ClNO2. The van der Waals surface area contributed by atoms with Crippen LogP contribution in [0.3, 0.4) is 0 Å². The van der Waals surface area contributed by atoms with Gasteiger partial charge in [0, 0.05) is 5.71 Å². The van der Waals surface area contributed by atoms with Crippen molar-refractivity contribution in [1.29, 1.82) is 5.41 Å². The van der Waals surface area contributed by atoms with Crippen LogP contribution in [0.1, 0.15) is 45.1 Å². The molecule has 1 aromatic rings. The molecule has 1 unspecified atom stereocenters. The summed E-state index contributed by atoms with van der Waals surface area (Å²) in [7, 11) is 0. The normalized spacial score (nSPS) is 17.3. The van der Waals surface area contributed by atoms with Crippen LogP contribution in [0, 0.1) is 11.3 Å². The third-order valence-corrected chi connectivity index (χ3v) is 3.77. The van der Waals surface area contributed by atoms with Gasteiger partial charge in [-0.05, 0) is 38.2 Å². The van der Waals surface area contributed by atoms with Crippen LogP contribution in [0.15, 0.2) is 30.3 Å². The Bertz CT molecular complexity index is 469. The average Bonchev–Trinajstić information content (AvgIpc) is 2.33. The lowest BCUT2D eigenvalue weighted by atomic mass is 9.74. The summed E-state index contributed by atoms with van der Waals surface area (Å²) in [6.45, 7) is 3.55. The summed E-state index contributed by atoms with van der Waals surface area (Å²) in [6.07, 6.45) is 3.38. The molecular weight excluding hydrogens is 274 g/mol. The number of rotatable bonds is 5. The number of esters is 1. The van der Waals surface area contributed by atoms with Gasteiger partial charge in [0.1, 0.15) is 5.60 Å². The summed E-state index contributed by atoms with van der Waals surface area (Å²) in [6, 6.07) is 9.99. The van der Waals surface area contributed by atoms with Crippen molar-refractivity contribution in [2.75, 3.05) is 0 Å². The van der Waals surface area contributed by atoms with E-state index in [-0.39, 0.29) is 24.3 Å². The molecule has 0 aromatic heterocycles. The number of carbonyl (C=O) groups excluding carboxylic acids is 1. The van der Waals surface area contributed by atoms with E-state index in [0.717, 1.165) is 24.8 Å². The van der Waals surface area contributed by atoms with Crippen molar-refractivity contribution in [3.63, 3.8) is 0 Å². The van der Waals surface area contributed by atoms with Crippen LogP contribution in [0.2, 0.25) is 0 Å². The Morgan fingerprint density at radius 1 is 1.35 bits per heavy atom. The molecule has 110 valence electrons. The Labute approximate surface area is 126 Å². The zero-order valence-electron chi connectivity index (χ0n) is 12.0. The first-order chi connectivity index (χ1) is 9.03. The molecule has 0 amide bonds. The van der Waals surface area contributed by atoms with Crippen molar-refractivity contribution in [2.24, 2.45) is 5.92 Å². The molecule has 20 heavy (non-hydrogen) atoms. The molecule has 1 aromatic carbocycles. The van der Waals surface area contributed by atoms with Gasteiger partial charge in [-0.25, -0.2) is 0 Å². The van der Waals surface area contributed by atoms with E-state index in [1.54, 1.807) is 6.92 Å². The molecule has 0 bridgehead atoms. The minimum Gasteiger partial charge on any atom is -0.454 e. The molecule has 4 heteroatoms. The Hall–Kier alpha value is -1.35. The van der Waals surface area contributed by atoms with Gasteiger partial charge in [0.25, 0.3) is 0 Å². The summed E-state index contributed by atoms with van der Waals surface area (Å²) in [4.78, 5) is 12.1. The number of carbonyl (C=O) groups is 1. The molecule has 1 saturated carbocycles. The lowest BCUT2D eigenvalue weighted by molar-refractivity contribution is -0.176. The zero-order chi connectivity index (χ0) is 13.9. The second-order valence-corrected chi connectivity index (χ2v) is 5.52. The van der Waals surface area contributed by atoms with E-state index in [1.165, 1.54) is 0 Å². The summed E-state index contributed by atoms with van der Waals surface area (Å²) in [5.41, 5.74) is 1.20. The molecule has 1 aliphatic carbocycles. The van der Waals surface area contributed by atoms with Crippen LogP contribution in [-0.4, -0.2) is 11.7 Å². The Morgan fingerprint density at radius 2 is 1.95 bits per heavy atom. The number of benzene rings is 1. The highest BCUT2D eigenvalue weighted by Gasteiger charge is 2.43. The topological polar surface area (TPSA) is 50.2 Å². The molecule has 1 fully saturated rings. The predicted octanol–water partition coefficient (Wildman–Crippen LogP) is 4.10. The van der Waals surface area contributed by atoms with Crippen molar-refractivity contribution in [1.82, 2.24) is 0 Å². The third kappa shape index (κ3) is 3.60. The molecule has 0 aliphatic heterocycles. The molecule has 0 saturated heterocycles. The van der Waals surface area contributed by atoms with Crippen LogP contribution < -0.4 is 0 Å². The van der Waals surface area contributed by atoms with E-state index in [9.17, 15) is 4.79 Å². The summed E-state index contributed by atoms with van der Waals surface area (Å²) >= 11 is 0. The second-order valence-electron chi connectivity index (χ2n) is 5.52. The molecule has 2 rings (SSSR count). The number of ether oxygens (including phenoxy) is 1. The molecule has 0 spiro atoms. The van der Waals surface area contributed by atoms with Gasteiger partial charge in [-0.2, -0.15) is 0 Å². The lowest BCUT2D eigenvalue weighted by Crippen LogP contribution is -2.40. The second kappa shape index (κ2) is 6.89. The van der Waals surface area contributed by atoms with Crippen LogP contribution in [0.25, 0.3) is 0 Å². The van der Waals surface area contributed by atoms with Crippen LogP contribution >= 0.6 is 12.4 Å². The van der Waals surface area contributed by atoms with Gasteiger partial charge in [-0.15, -0.1) is 12.4 Å². The largest absolute Gasteiger partial charge is 0.454 e. The molecule has 3 nitrogen and oxygen atoms in total. The van der Waals surface area contributed by atoms with Crippen molar-refractivity contribution in [3.8, 4) is 0 Å². The van der Waals surface area contributed by atoms with E-state index in [0.29, 0.717) is 12.1 Å². The minimum atomic E-state index is -0.414. The summed E-state index contributed by atoms with van der Waals surface area (Å²) < 4.78 is 5.79. The quantitative estimate of drug-likeness (QED) is 0.657. The molecule has 0 heterocycles. The number of halogens is 1. The van der Waals surface area contributed by atoms with Gasteiger partial charge in [0.15, 0.2) is 0 Å². The summed E-state index contributed by atoms with van der Waals surface area (Å²) in [5.74, 6) is -0.422. The first-order valence-electron chi connectivity index (χ1n) is 6.86. The first-order valence-corrected chi connectivity index (χ1v) is 6.86. The van der Waals surface area contributed by atoms with Gasteiger partial charge < -0.3 is 10.1 Å². The van der Waals surface area contributed by atoms with Gasteiger partial charge in [-0.1, -0.05) is 37.3 Å². The van der Waals surface area contributed by atoms with Gasteiger partial charge in [0.05, 0.1) is 5.92 Å². The Kier molecular flexibility index (Phi) is 5.75. The Morgan fingerprint density at radius 3 is 2.40 bits per heavy atom. The fourth-order valence-corrected chi connectivity index (χ4v) is 2.53. The van der Waals surface area contributed by atoms with Crippen LogP contribution in [-0.2, 0) is 15.1 Å². The van der Waals surface area contributed by atoms with Crippen molar-refractivity contribution in [2.45, 2.75) is 45.1 Å². The van der Waals surface area contributed by atoms with E-state index in [4.69, 9.17) is 10.1 Å². The standard InChI is InChI=1S/C16H21NO2.ClH/c1-12(11-13(2)17)15(18)19-16(9-6-10-16)14-7-4-3-5-8-14;/h3-5,7-8,12,17H,6,9-11H2,1-2H3;1H. The SMILES string of the molecule is CC(=N)CC(C)C(=O)OC1(c2ccccc2)CCC1.Cl. The molecule has 1 N–H and O–H groups in total. The smallest absolute Gasteiger partial charge is 0.309 e. The van der Waals surface area contributed by atoms with Gasteiger partial charge in [-0.3, -0.25) is 4.79 Å². The predicted molar refractivity (Wildman–Crippen MR) is 82.5 cm³/mol. The van der Waals surface area contributed by atoms with Crippen molar-refractivity contribution >= 4 is 24.1 Å². The zero-order valence-corrected chi connectivity index (χ0v) is 12.8. The van der Waals surface area contributed by atoms with E-state index < -0.39 is 5.60 Å². The van der Waals surface area contributed by atoms with Crippen LogP contribution in [0.4, 0.5) is 0 Å². The molecule has 1 atom stereocenters. The van der Waals surface area contributed by atoms with Crippen molar-refractivity contribution < 1.29 is 9.53 Å². The average molecular weight is 296 g/mol. The fourth-order valence-electron chi connectivity index (χ4n) is 2.53. The number of hydrogen-bond donors (Lipinski definition) is 1. The van der Waals surface area contributed by atoms with E-state index in [1.807, 2.05) is 37.3 Å². The maximum atomic E-state index is 12.1. The molecule has 1 aliphatic rings. The van der Waals surface area contributed by atoms with Gasteiger partial charge in [0.2, 0.25) is 0 Å². The van der Waals surface area contributed by atoms with Crippen molar-refractivity contribution in [3.05, 3.63) is 35.9 Å². The van der Waals surface area contributed by atoms with Gasteiger partial charge >= 0.3 is 5.97 Å². The number of hydrogen-bond acceptors (Lipinski definition) is 3. The number of nitrogens with one attached hydrogen (secondary N) is 1. The summed E-state index contributed by atoms with van der Waals surface area (Å²) in [5, 5.41) is 7.46. The lowest BCUT2D eigenvalue weighted by Gasteiger charge is -2.42. The highest BCUT2D eigenvalue weighted by atomic mass is 35.5. The first kappa shape index (κ1) is 16.7. The highest BCUT2D eigenvalue weighted by molar-refractivity contribution is 5.85. The van der Waals surface area contributed by atoms with E-state index in [2.05, 4.69) is 0 Å². The highest BCUT2D eigenvalue weighted by Crippen LogP contribution is 2.45. The maximum Gasteiger partial charge on any atom is 0.309 e. The van der Waals surface area contributed by atoms with Crippen LogP contribution in [0.5, 0.6) is 0 Å². The fraction of sp³-hybridized carbons (Fsp3) is 0.500. The Balaban J connectivity index is 0.00000200. The van der Waals surface area contributed by atoms with E-state index >= 15 is 0 Å². The molecule has 0 radical (unpaired) electrons. The monoisotopic (exact) mass is 295 g/mol. The minimum absolute atomic E-state index is 0.